The van der Waals surface area contributed by atoms with Crippen molar-refractivity contribution in [3.63, 3.8) is 0 Å². The molecule has 0 spiro atoms. The lowest BCUT2D eigenvalue weighted by atomic mass is 9.78. The number of para-hydroxylation sites is 1. The fourth-order valence-corrected chi connectivity index (χ4v) is 2.94. The lowest BCUT2D eigenvalue weighted by Gasteiger charge is -2.25. The summed E-state index contributed by atoms with van der Waals surface area (Å²) in [6.45, 7) is 0. The van der Waals surface area contributed by atoms with Crippen LogP contribution >= 0.6 is 0 Å². The first-order valence-corrected chi connectivity index (χ1v) is 6.98. The molecule has 1 N–H and O–H groups in total. The van der Waals surface area contributed by atoms with E-state index in [0.29, 0.717) is 12.8 Å². The molecule has 0 amide bonds. The monoisotopic (exact) mass is 291 g/mol. The third kappa shape index (κ3) is 3.65. The first-order chi connectivity index (χ1) is 9.99. The van der Waals surface area contributed by atoms with Gasteiger partial charge in [0.05, 0.1) is 16.4 Å². The Kier molecular flexibility index (Phi) is 4.67. The summed E-state index contributed by atoms with van der Waals surface area (Å²) in [6, 6.07) is 5.89. The van der Waals surface area contributed by atoms with Gasteiger partial charge in [-0.1, -0.05) is 18.6 Å². The van der Waals surface area contributed by atoms with Gasteiger partial charge in [-0.15, -0.1) is 0 Å². The van der Waals surface area contributed by atoms with Gasteiger partial charge < -0.3 is 5.11 Å². The van der Waals surface area contributed by atoms with Crippen molar-refractivity contribution < 1.29 is 19.6 Å². The predicted molar refractivity (Wildman–Crippen MR) is 75.1 cm³/mol. The maximum atomic E-state index is 12.3. The molecule has 6 nitrogen and oxygen atoms in total. The van der Waals surface area contributed by atoms with Crippen LogP contribution in [0.2, 0.25) is 0 Å². The number of rotatable bonds is 5. The molecule has 112 valence electrons. The average molecular weight is 291 g/mol. The van der Waals surface area contributed by atoms with Crippen molar-refractivity contribution in [2.24, 2.45) is 11.8 Å². The van der Waals surface area contributed by atoms with Crippen LogP contribution in [0.25, 0.3) is 0 Å². The summed E-state index contributed by atoms with van der Waals surface area (Å²) in [5, 5.41) is 20.0. The van der Waals surface area contributed by atoms with Crippen molar-refractivity contribution in [3.05, 3.63) is 39.9 Å². The fraction of sp³-hybridized carbons (Fsp3) is 0.467. The van der Waals surface area contributed by atoms with Crippen molar-refractivity contribution in [1.29, 1.82) is 0 Å². The molecule has 0 radical (unpaired) electrons. The number of benzene rings is 1. The van der Waals surface area contributed by atoms with Gasteiger partial charge in [0, 0.05) is 12.5 Å². The van der Waals surface area contributed by atoms with E-state index in [4.69, 9.17) is 5.11 Å². The first-order valence-electron chi connectivity index (χ1n) is 6.98. The van der Waals surface area contributed by atoms with E-state index in [0.717, 1.165) is 12.8 Å². The van der Waals surface area contributed by atoms with E-state index in [9.17, 15) is 19.7 Å². The standard InChI is InChI=1S/C15H17NO5/c17-14(12-6-1-2-7-13(12)16(20)21)9-10-4-3-5-11(8-10)15(18)19/h1-2,6-7,10-11H,3-5,8-9H2,(H,18,19)/t10-,11+/m1/s1. The maximum absolute atomic E-state index is 12.3. The lowest BCUT2D eigenvalue weighted by Crippen LogP contribution is -2.24. The number of hydrogen-bond acceptors (Lipinski definition) is 4. The summed E-state index contributed by atoms with van der Waals surface area (Å²) in [4.78, 5) is 33.7. The summed E-state index contributed by atoms with van der Waals surface area (Å²) in [5.74, 6) is -1.51. The topological polar surface area (TPSA) is 97.5 Å². The van der Waals surface area contributed by atoms with E-state index in [1.54, 1.807) is 6.07 Å². The Bertz CT molecular complexity index is 569. The third-order valence-corrected chi connectivity index (χ3v) is 4.01. The highest BCUT2D eigenvalue weighted by Gasteiger charge is 2.29. The van der Waals surface area contributed by atoms with Crippen LogP contribution in [0.15, 0.2) is 24.3 Å². The highest BCUT2D eigenvalue weighted by Crippen LogP contribution is 2.33. The van der Waals surface area contributed by atoms with Crippen LogP contribution in [0.5, 0.6) is 0 Å². The molecule has 1 aliphatic rings. The van der Waals surface area contributed by atoms with Crippen LogP contribution in [-0.4, -0.2) is 21.8 Å². The Morgan fingerprint density at radius 2 is 2.00 bits per heavy atom. The van der Waals surface area contributed by atoms with Crippen molar-refractivity contribution in [1.82, 2.24) is 0 Å². The van der Waals surface area contributed by atoms with Gasteiger partial charge in [-0.25, -0.2) is 0 Å². The Morgan fingerprint density at radius 3 is 2.67 bits per heavy atom. The third-order valence-electron chi connectivity index (χ3n) is 4.01. The molecule has 1 fully saturated rings. The minimum Gasteiger partial charge on any atom is -0.481 e. The second kappa shape index (κ2) is 6.47. The molecule has 0 unspecified atom stereocenters. The van der Waals surface area contributed by atoms with E-state index in [1.165, 1.54) is 18.2 Å². The highest BCUT2D eigenvalue weighted by atomic mass is 16.6. The molecule has 0 heterocycles. The summed E-state index contributed by atoms with van der Waals surface area (Å²) in [7, 11) is 0. The molecule has 0 aliphatic heterocycles. The first kappa shape index (κ1) is 15.2. The van der Waals surface area contributed by atoms with Gasteiger partial charge >= 0.3 is 5.97 Å². The number of carboxylic acids is 1. The van der Waals surface area contributed by atoms with Crippen LogP contribution < -0.4 is 0 Å². The molecule has 1 aromatic carbocycles. The molecule has 1 aromatic rings. The van der Waals surface area contributed by atoms with Gasteiger partial charge in [0.15, 0.2) is 5.78 Å². The van der Waals surface area contributed by atoms with E-state index in [2.05, 4.69) is 0 Å². The van der Waals surface area contributed by atoms with Gasteiger partial charge in [0.2, 0.25) is 0 Å². The number of nitro groups is 1. The minimum absolute atomic E-state index is 0.00726. The normalized spacial score (nSPS) is 21.7. The zero-order chi connectivity index (χ0) is 15.4. The quantitative estimate of drug-likeness (QED) is 0.510. The molecular weight excluding hydrogens is 274 g/mol. The minimum atomic E-state index is -0.821. The van der Waals surface area contributed by atoms with Crippen LogP contribution in [-0.2, 0) is 4.79 Å². The molecule has 2 atom stereocenters. The van der Waals surface area contributed by atoms with E-state index in [-0.39, 0.29) is 29.4 Å². The highest BCUT2D eigenvalue weighted by molar-refractivity contribution is 5.99. The Balaban J connectivity index is 2.08. The Morgan fingerprint density at radius 1 is 1.29 bits per heavy atom. The van der Waals surface area contributed by atoms with Gasteiger partial charge in [-0.05, 0) is 31.2 Å². The number of Topliss-reactive ketones (excluding diaryl/α,β-unsaturated/α-hetero) is 1. The van der Waals surface area contributed by atoms with Gasteiger partial charge in [-0.2, -0.15) is 0 Å². The molecule has 6 heteroatoms. The predicted octanol–water partition coefficient (Wildman–Crippen LogP) is 3.06. The molecular formula is C15H17NO5. The smallest absolute Gasteiger partial charge is 0.306 e. The number of aliphatic carboxylic acids is 1. The van der Waals surface area contributed by atoms with Crippen LogP contribution in [0, 0.1) is 22.0 Å². The number of ketones is 1. The van der Waals surface area contributed by atoms with E-state index in [1.807, 2.05) is 0 Å². The second-order valence-corrected chi connectivity index (χ2v) is 5.47. The summed E-state index contributed by atoms with van der Waals surface area (Å²) in [6.07, 6.45) is 2.88. The van der Waals surface area contributed by atoms with E-state index < -0.39 is 16.8 Å². The number of nitro benzene ring substituents is 1. The van der Waals surface area contributed by atoms with Crippen LogP contribution in [0.3, 0.4) is 0 Å². The molecule has 0 bridgehead atoms. The largest absolute Gasteiger partial charge is 0.481 e. The molecule has 1 saturated carbocycles. The van der Waals surface area contributed by atoms with Crippen molar-refractivity contribution >= 4 is 17.4 Å². The molecule has 21 heavy (non-hydrogen) atoms. The van der Waals surface area contributed by atoms with Crippen LogP contribution in [0.1, 0.15) is 42.5 Å². The molecule has 1 aliphatic carbocycles. The van der Waals surface area contributed by atoms with Gasteiger partial charge in [0.1, 0.15) is 0 Å². The number of hydrogen-bond donors (Lipinski definition) is 1. The Hall–Kier alpha value is -2.24. The fourth-order valence-electron chi connectivity index (χ4n) is 2.94. The number of carbonyl (C=O) groups is 2. The second-order valence-electron chi connectivity index (χ2n) is 5.47. The summed E-state index contributed by atoms with van der Waals surface area (Å²) in [5.41, 5.74) is -0.0759. The van der Waals surface area contributed by atoms with Gasteiger partial charge in [-0.3, -0.25) is 19.7 Å². The van der Waals surface area contributed by atoms with Crippen molar-refractivity contribution in [2.45, 2.75) is 32.1 Å². The molecule has 0 saturated heterocycles. The summed E-state index contributed by atoms with van der Waals surface area (Å²) >= 11 is 0. The number of carboxylic acid groups (broad SMARTS) is 1. The maximum Gasteiger partial charge on any atom is 0.306 e. The number of nitrogens with zero attached hydrogens (tertiary/aromatic N) is 1. The van der Waals surface area contributed by atoms with Crippen molar-refractivity contribution in [2.75, 3.05) is 0 Å². The van der Waals surface area contributed by atoms with E-state index >= 15 is 0 Å². The lowest BCUT2D eigenvalue weighted by molar-refractivity contribution is -0.385. The van der Waals surface area contributed by atoms with Crippen LogP contribution in [0.4, 0.5) is 5.69 Å². The zero-order valence-corrected chi connectivity index (χ0v) is 11.5. The van der Waals surface area contributed by atoms with Gasteiger partial charge in [0.25, 0.3) is 5.69 Å². The average Bonchev–Trinajstić information content (AvgIpc) is 2.47. The van der Waals surface area contributed by atoms with Crippen molar-refractivity contribution in [3.8, 4) is 0 Å². The SMILES string of the molecule is O=C(C[C@@H]1CCC[C@H](C(=O)O)C1)c1ccccc1[N+](=O)[O-]. The summed E-state index contributed by atoms with van der Waals surface area (Å²) < 4.78 is 0. The number of carbonyl (C=O) groups excluding carboxylic acids is 1. The molecule has 0 aromatic heterocycles. The molecule has 2 rings (SSSR count). The Labute approximate surface area is 121 Å². The zero-order valence-electron chi connectivity index (χ0n) is 11.5.